The Bertz CT molecular complexity index is 562. The zero-order valence-electron chi connectivity index (χ0n) is 13.5. The van der Waals surface area contributed by atoms with Crippen molar-refractivity contribution in [1.29, 1.82) is 0 Å². The summed E-state index contributed by atoms with van der Waals surface area (Å²) in [4.78, 5) is 25.6. The van der Waals surface area contributed by atoms with Gasteiger partial charge < -0.3 is 14.4 Å². The number of esters is 1. The highest BCUT2D eigenvalue weighted by Crippen LogP contribution is 2.15. The van der Waals surface area contributed by atoms with Crippen molar-refractivity contribution in [3.05, 3.63) is 11.4 Å². The highest BCUT2D eigenvalue weighted by molar-refractivity contribution is 5.88. The molecule has 0 aliphatic carbocycles. The second kappa shape index (κ2) is 6.33. The van der Waals surface area contributed by atoms with Crippen molar-refractivity contribution in [2.45, 2.75) is 46.3 Å². The van der Waals surface area contributed by atoms with E-state index in [0.29, 0.717) is 31.7 Å². The average Bonchev–Trinajstić information content (AvgIpc) is 2.69. The van der Waals surface area contributed by atoms with Crippen LogP contribution in [0.25, 0.3) is 0 Å². The maximum absolute atomic E-state index is 12.1. The predicted octanol–water partition coefficient (Wildman–Crippen LogP) is 1.25. The van der Waals surface area contributed by atoms with Gasteiger partial charge in [-0.1, -0.05) is 5.21 Å². The highest BCUT2D eigenvalue weighted by atomic mass is 16.6. The molecule has 1 amide bonds. The first kappa shape index (κ1) is 16.3. The number of fused-ring (bicyclic) bond motifs is 1. The molecule has 22 heavy (non-hydrogen) atoms. The summed E-state index contributed by atoms with van der Waals surface area (Å²) in [7, 11) is 0. The summed E-state index contributed by atoms with van der Waals surface area (Å²) in [5.41, 5.74) is 0.395. The van der Waals surface area contributed by atoms with Gasteiger partial charge in [0.25, 0.3) is 0 Å². The summed E-state index contributed by atoms with van der Waals surface area (Å²) < 4.78 is 12.0. The first-order valence-electron chi connectivity index (χ1n) is 7.39. The first-order valence-corrected chi connectivity index (χ1v) is 7.39. The van der Waals surface area contributed by atoms with Crippen LogP contribution in [0, 0.1) is 0 Å². The lowest BCUT2D eigenvalue weighted by Crippen LogP contribution is -2.38. The maximum atomic E-state index is 12.1. The standard InChI is InChI=1S/C14H22N4O4/c1-5-21-12(19)11-10-6-7-17(8-9-18(10)16-15-11)13(20)22-14(2,3)4/h5-9H2,1-4H3. The van der Waals surface area contributed by atoms with Crippen LogP contribution < -0.4 is 0 Å². The quantitative estimate of drug-likeness (QED) is 0.764. The maximum Gasteiger partial charge on any atom is 0.410 e. The van der Waals surface area contributed by atoms with Gasteiger partial charge in [-0.15, -0.1) is 5.10 Å². The lowest BCUT2D eigenvalue weighted by atomic mass is 10.2. The van der Waals surface area contributed by atoms with Gasteiger partial charge in [-0.2, -0.15) is 0 Å². The SMILES string of the molecule is CCOC(=O)c1nnn2c1CCN(C(=O)OC(C)(C)C)CC2. The molecule has 0 atom stereocenters. The fourth-order valence-electron chi connectivity index (χ4n) is 2.20. The van der Waals surface area contributed by atoms with Crippen LogP contribution in [0.2, 0.25) is 0 Å². The number of carbonyl (C=O) groups is 2. The number of aromatic nitrogens is 3. The fraction of sp³-hybridized carbons (Fsp3) is 0.714. The van der Waals surface area contributed by atoms with Gasteiger partial charge >= 0.3 is 12.1 Å². The largest absolute Gasteiger partial charge is 0.461 e. The van der Waals surface area contributed by atoms with Gasteiger partial charge in [0.05, 0.1) is 18.8 Å². The highest BCUT2D eigenvalue weighted by Gasteiger charge is 2.28. The van der Waals surface area contributed by atoms with Crippen LogP contribution >= 0.6 is 0 Å². The number of ether oxygens (including phenoxy) is 2. The molecular formula is C14H22N4O4. The molecule has 2 rings (SSSR count). The van der Waals surface area contributed by atoms with Crippen molar-refractivity contribution < 1.29 is 19.1 Å². The minimum atomic E-state index is -0.533. The van der Waals surface area contributed by atoms with E-state index in [0.717, 1.165) is 0 Å². The second-order valence-electron chi connectivity index (χ2n) is 6.05. The normalized spacial score (nSPS) is 15.0. The molecule has 0 saturated heterocycles. The van der Waals surface area contributed by atoms with Crippen molar-refractivity contribution in [2.75, 3.05) is 19.7 Å². The van der Waals surface area contributed by atoms with E-state index in [9.17, 15) is 9.59 Å². The second-order valence-corrected chi connectivity index (χ2v) is 6.05. The summed E-state index contributed by atoms with van der Waals surface area (Å²) in [6.07, 6.45) is 0.129. The molecule has 1 aromatic heterocycles. The Morgan fingerprint density at radius 2 is 1.95 bits per heavy atom. The molecular weight excluding hydrogens is 288 g/mol. The van der Waals surface area contributed by atoms with Gasteiger partial charge in [-0.25, -0.2) is 14.3 Å². The summed E-state index contributed by atoms with van der Waals surface area (Å²) in [5.74, 6) is -0.477. The van der Waals surface area contributed by atoms with Crippen LogP contribution in [0.3, 0.4) is 0 Å². The number of nitrogens with zero attached hydrogens (tertiary/aromatic N) is 4. The number of amides is 1. The van der Waals surface area contributed by atoms with Crippen LogP contribution in [-0.2, 0) is 22.4 Å². The fourth-order valence-corrected chi connectivity index (χ4v) is 2.20. The topological polar surface area (TPSA) is 86.5 Å². The minimum Gasteiger partial charge on any atom is -0.461 e. The van der Waals surface area contributed by atoms with Gasteiger partial charge in [0.1, 0.15) is 5.60 Å². The third kappa shape index (κ3) is 3.75. The number of carbonyl (C=O) groups excluding carboxylic acids is 2. The molecule has 0 spiro atoms. The number of hydrogen-bond acceptors (Lipinski definition) is 6. The average molecular weight is 310 g/mol. The molecule has 0 bridgehead atoms. The van der Waals surface area contributed by atoms with Gasteiger partial charge in [0, 0.05) is 19.5 Å². The first-order chi connectivity index (χ1) is 10.3. The molecule has 1 aliphatic heterocycles. The van der Waals surface area contributed by atoms with E-state index >= 15 is 0 Å². The lowest BCUT2D eigenvalue weighted by molar-refractivity contribution is 0.0253. The molecule has 0 radical (unpaired) electrons. The lowest BCUT2D eigenvalue weighted by Gasteiger charge is -2.26. The molecule has 122 valence electrons. The van der Waals surface area contributed by atoms with E-state index in [1.165, 1.54) is 0 Å². The van der Waals surface area contributed by atoms with Crippen molar-refractivity contribution in [3.63, 3.8) is 0 Å². The Hall–Kier alpha value is -2.12. The van der Waals surface area contributed by atoms with Gasteiger partial charge in [-0.3, -0.25) is 0 Å². The smallest absolute Gasteiger partial charge is 0.410 e. The monoisotopic (exact) mass is 310 g/mol. The number of rotatable bonds is 2. The molecule has 1 aliphatic rings. The molecule has 0 fully saturated rings. The Kier molecular flexibility index (Phi) is 4.68. The van der Waals surface area contributed by atoms with Gasteiger partial charge in [0.2, 0.25) is 0 Å². The number of hydrogen-bond donors (Lipinski definition) is 0. The van der Waals surface area contributed by atoms with E-state index < -0.39 is 11.6 Å². The molecule has 0 aromatic carbocycles. The van der Waals surface area contributed by atoms with Crippen LogP contribution in [0.4, 0.5) is 4.79 Å². The molecule has 8 nitrogen and oxygen atoms in total. The van der Waals surface area contributed by atoms with Crippen molar-refractivity contribution in [1.82, 2.24) is 19.9 Å². The Morgan fingerprint density at radius 1 is 1.23 bits per heavy atom. The van der Waals surface area contributed by atoms with Crippen LogP contribution in [0.5, 0.6) is 0 Å². The molecule has 0 N–H and O–H groups in total. The molecule has 1 aromatic rings. The molecule has 0 saturated carbocycles. The van der Waals surface area contributed by atoms with Crippen molar-refractivity contribution in [2.24, 2.45) is 0 Å². The van der Waals surface area contributed by atoms with Crippen molar-refractivity contribution >= 4 is 12.1 Å². The summed E-state index contributed by atoms with van der Waals surface area (Å²) >= 11 is 0. The van der Waals surface area contributed by atoms with E-state index in [2.05, 4.69) is 10.3 Å². The van der Waals surface area contributed by atoms with E-state index in [-0.39, 0.29) is 18.4 Å². The summed E-state index contributed by atoms with van der Waals surface area (Å²) in [5, 5.41) is 7.87. The van der Waals surface area contributed by atoms with Gasteiger partial charge in [0.15, 0.2) is 5.69 Å². The van der Waals surface area contributed by atoms with Gasteiger partial charge in [-0.05, 0) is 27.7 Å². The van der Waals surface area contributed by atoms with Crippen molar-refractivity contribution in [3.8, 4) is 0 Å². The van der Waals surface area contributed by atoms with Crippen LogP contribution in [0.15, 0.2) is 0 Å². The van der Waals surface area contributed by atoms with Crippen LogP contribution in [0.1, 0.15) is 43.9 Å². The van der Waals surface area contributed by atoms with Crippen LogP contribution in [-0.4, -0.2) is 57.3 Å². The zero-order chi connectivity index (χ0) is 16.3. The third-order valence-corrected chi connectivity index (χ3v) is 3.16. The summed E-state index contributed by atoms with van der Waals surface area (Å²) in [6, 6.07) is 0. The van der Waals surface area contributed by atoms with E-state index in [4.69, 9.17) is 9.47 Å². The van der Waals surface area contributed by atoms with E-state index in [1.807, 2.05) is 20.8 Å². The third-order valence-electron chi connectivity index (χ3n) is 3.16. The van der Waals surface area contributed by atoms with E-state index in [1.54, 1.807) is 16.5 Å². The molecule has 8 heteroatoms. The Morgan fingerprint density at radius 3 is 2.59 bits per heavy atom. The molecule has 0 unspecified atom stereocenters. The predicted molar refractivity (Wildman–Crippen MR) is 77.5 cm³/mol. The minimum absolute atomic E-state index is 0.230. The summed E-state index contributed by atoms with van der Waals surface area (Å²) in [6.45, 7) is 8.91. The Labute approximate surface area is 129 Å². The zero-order valence-corrected chi connectivity index (χ0v) is 13.5. The molecule has 2 heterocycles. The Balaban J connectivity index is 2.08.